The molecule has 1 aromatic heterocycles. The van der Waals surface area contributed by atoms with Crippen molar-refractivity contribution < 1.29 is 14.3 Å². The smallest absolute Gasteiger partial charge is 0.338 e. The number of methoxy groups -OCH3 is 1. The van der Waals surface area contributed by atoms with Crippen LogP contribution in [-0.4, -0.2) is 24.7 Å². The van der Waals surface area contributed by atoms with E-state index in [2.05, 4.69) is 13.0 Å². The van der Waals surface area contributed by atoms with Crippen LogP contribution in [0.4, 0.5) is 0 Å². The van der Waals surface area contributed by atoms with Crippen LogP contribution in [0, 0.1) is 13.8 Å². The van der Waals surface area contributed by atoms with Gasteiger partial charge in [-0.1, -0.05) is 25.0 Å². The van der Waals surface area contributed by atoms with Gasteiger partial charge in [-0.3, -0.25) is 0 Å². The van der Waals surface area contributed by atoms with E-state index in [1.807, 2.05) is 50.2 Å². The van der Waals surface area contributed by atoms with Gasteiger partial charge in [0.25, 0.3) is 0 Å². The van der Waals surface area contributed by atoms with Crippen LogP contribution in [0.2, 0.25) is 0 Å². The Morgan fingerprint density at radius 3 is 2.48 bits per heavy atom. The minimum Gasteiger partial charge on any atom is -0.497 e. The third-order valence-corrected chi connectivity index (χ3v) is 4.59. The first-order valence-electron chi connectivity index (χ1n) is 9.27. The Morgan fingerprint density at radius 1 is 1.07 bits per heavy atom. The number of carbonyl (C=O) groups excluding carboxylic acids is 1. The molecule has 0 radical (unpaired) electrons. The van der Waals surface area contributed by atoms with E-state index in [-0.39, 0.29) is 5.97 Å². The molecule has 0 bridgehead atoms. The van der Waals surface area contributed by atoms with Crippen LogP contribution in [0.15, 0.2) is 42.5 Å². The second-order valence-electron chi connectivity index (χ2n) is 6.75. The number of fused-ring (bicyclic) bond motifs is 1. The molecule has 140 valence electrons. The van der Waals surface area contributed by atoms with Gasteiger partial charge in [0.1, 0.15) is 5.75 Å². The minimum atomic E-state index is -0.296. The molecule has 27 heavy (non-hydrogen) atoms. The lowest BCUT2D eigenvalue weighted by molar-refractivity contribution is 0.0502. The lowest BCUT2D eigenvalue weighted by atomic mass is 10.00. The van der Waals surface area contributed by atoms with E-state index in [0.29, 0.717) is 12.2 Å². The first kappa shape index (κ1) is 18.9. The number of aromatic nitrogens is 1. The third kappa shape index (κ3) is 4.11. The Labute approximate surface area is 160 Å². The molecule has 0 N–H and O–H groups in total. The average molecular weight is 363 g/mol. The summed E-state index contributed by atoms with van der Waals surface area (Å²) < 4.78 is 10.7. The highest BCUT2D eigenvalue weighted by Crippen LogP contribution is 2.29. The molecule has 1 heterocycles. The van der Waals surface area contributed by atoms with Crippen molar-refractivity contribution in [2.45, 2.75) is 33.6 Å². The number of ether oxygens (including phenoxy) is 2. The lowest BCUT2D eigenvalue weighted by Gasteiger charge is -2.12. The van der Waals surface area contributed by atoms with Gasteiger partial charge in [0.05, 0.1) is 30.5 Å². The molecule has 2 aromatic carbocycles. The molecule has 0 aliphatic rings. The molecule has 0 saturated carbocycles. The van der Waals surface area contributed by atoms with E-state index in [4.69, 9.17) is 14.5 Å². The normalized spacial score (nSPS) is 10.8. The van der Waals surface area contributed by atoms with Crippen LogP contribution < -0.4 is 4.74 Å². The van der Waals surface area contributed by atoms with Crippen molar-refractivity contribution in [3.8, 4) is 17.0 Å². The van der Waals surface area contributed by atoms with Gasteiger partial charge >= 0.3 is 5.97 Å². The molecule has 0 amide bonds. The topological polar surface area (TPSA) is 48.4 Å². The summed E-state index contributed by atoms with van der Waals surface area (Å²) in [6.45, 7) is 6.55. The summed E-state index contributed by atoms with van der Waals surface area (Å²) >= 11 is 0. The molecule has 0 fully saturated rings. The number of carbonyl (C=O) groups is 1. The van der Waals surface area contributed by atoms with Crippen LogP contribution in [-0.2, 0) is 4.74 Å². The standard InChI is InChI=1S/C23H25NO3/c1-5-6-11-27-23(25)20-14-21(17-7-9-18(26-4)10-8-17)24-22-16(3)12-15(2)13-19(20)22/h7-10,12-14H,5-6,11H2,1-4H3. The summed E-state index contributed by atoms with van der Waals surface area (Å²) in [7, 11) is 1.64. The molecule has 3 aromatic rings. The van der Waals surface area contributed by atoms with E-state index in [1.54, 1.807) is 7.11 Å². The quantitative estimate of drug-likeness (QED) is 0.429. The monoisotopic (exact) mass is 363 g/mol. The first-order chi connectivity index (χ1) is 13.0. The van der Waals surface area contributed by atoms with Gasteiger partial charge in [-0.25, -0.2) is 9.78 Å². The van der Waals surface area contributed by atoms with Gasteiger partial charge in [-0.05, 0) is 62.2 Å². The fourth-order valence-electron chi connectivity index (χ4n) is 3.15. The third-order valence-electron chi connectivity index (χ3n) is 4.59. The first-order valence-corrected chi connectivity index (χ1v) is 9.27. The van der Waals surface area contributed by atoms with Crippen LogP contribution in [0.25, 0.3) is 22.2 Å². The van der Waals surface area contributed by atoms with Gasteiger partial charge in [0, 0.05) is 10.9 Å². The van der Waals surface area contributed by atoms with Gasteiger partial charge in [-0.2, -0.15) is 0 Å². The van der Waals surface area contributed by atoms with E-state index < -0.39 is 0 Å². The number of benzene rings is 2. The second kappa shape index (κ2) is 8.21. The molecule has 0 unspecified atom stereocenters. The molecule has 0 atom stereocenters. The van der Waals surface area contributed by atoms with Crippen molar-refractivity contribution >= 4 is 16.9 Å². The fourth-order valence-corrected chi connectivity index (χ4v) is 3.15. The molecule has 0 aliphatic heterocycles. The molecule has 0 saturated heterocycles. The number of esters is 1. The highest BCUT2D eigenvalue weighted by atomic mass is 16.5. The van der Waals surface area contributed by atoms with E-state index in [0.717, 1.165) is 51.9 Å². The summed E-state index contributed by atoms with van der Waals surface area (Å²) in [5, 5.41) is 0.839. The van der Waals surface area contributed by atoms with Gasteiger partial charge in [0.2, 0.25) is 0 Å². The molecular weight excluding hydrogens is 338 g/mol. The van der Waals surface area contributed by atoms with Crippen LogP contribution in [0.5, 0.6) is 5.75 Å². The molecule has 0 spiro atoms. The number of hydrogen-bond donors (Lipinski definition) is 0. The fraction of sp³-hybridized carbons (Fsp3) is 0.304. The molecule has 3 rings (SSSR count). The Morgan fingerprint density at radius 2 is 1.81 bits per heavy atom. The lowest BCUT2D eigenvalue weighted by Crippen LogP contribution is -2.08. The van der Waals surface area contributed by atoms with Crippen molar-refractivity contribution in [2.75, 3.05) is 13.7 Å². The van der Waals surface area contributed by atoms with Crippen molar-refractivity contribution in [1.29, 1.82) is 0 Å². The molecule has 4 nitrogen and oxygen atoms in total. The number of rotatable bonds is 6. The summed E-state index contributed by atoms with van der Waals surface area (Å²) in [4.78, 5) is 17.6. The van der Waals surface area contributed by atoms with E-state index in [1.165, 1.54) is 0 Å². The molecular formula is C23H25NO3. The Balaban J connectivity index is 2.13. The van der Waals surface area contributed by atoms with Crippen molar-refractivity contribution in [3.63, 3.8) is 0 Å². The predicted octanol–water partition coefficient (Wildman–Crippen LogP) is 5.48. The Kier molecular flexibility index (Phi) is 5.75. The van der Waals surface area contributed by atoms with Gasteiger partial charge < -0.3 is 9.47 Å². The van der Waals surface area contributed by atoms with Gasteiger partial charge in [0.15, 0.2) is 0 Å². The Bertz CT molecular complexity index is 962. The number of nitrogens with zero attached hydrogens (tertiary/aromatic N) is 1. The second-order valence-corrected chi connectivity index (χ2v) is 6.75. The average Bonchev–Trinajstić information content (AvgIpc) is 2.67. The SMILES string of the molecule is CCCCOC(=O)c1cc(-c2ccc(OC)cc2)nc2c(C)cc(C)cc12. The van der Waals surface area contributed by atoms with E-state index in [9.17, 15) is 4.79 Å². The highest BCUT2D eigenvalue weighted by Gasteiger charge is 2.17. The van der Waals surface area contributed by atoms with Crippen molar-refractivity contribution in [2.24, 2.45) is 0 Å². The zero-order valence-electron chi connectivity index (χ0n) is 16.3. The summed E-state index contributed by atoms with van der Waals surface area (Å²) in [5.41, 5.74) is 5.22. The summed E-state index contributed by atoms with van der Waals surface area (Å²) in [5.74, 6) is 0.487. The van der Waals surface area contributed by atoms with Gasteiger partial charge in [-0.15, -0.1) is 0 Å². The largest absolute Gasteiger partial charge is 0.497 e. The maximum atomic E-state index is 12.8. The van der Waals surface area contributed by atoms with Crippen LogP contribution in [0.1, 0.15) is 41.3 Å². The minimum absolute atomic E-state index is 0.296. The van der Waals surface area contributed by atoms with Crippen molar-refractivity contribution in [1.82, 2.24) is 4.98 Å². The zero-order valence-corrected chi connectivity index (χ0v) is 16.3. The number of unbranched alkanes of at least 4 members (excludes halogenated alkanes) is 1. The van der Waals surface area contributed by atoms with E-state index >= 15 is 0 Å². The number of hydrogen-bond acceptors (Lipinski definition) is 4. The highest BCUT2D eigenvalue weighted by molar-refractivity contribution is 6.05. The predicted molar refractivity (Wildman–Crippen MR) is 108 cm³/mol. The summed E-state index contributed by atoms with van der Waals surface area (Å²) in [6, 6.07) is 13.6. The number of aryl methyl sites for hydroxylation is 2. The van der Waals surface area contributed by atoms with Crippen molar-refractivity contribution in [3.05, 3.63) is 59.2 Å². The maximum absolute atomic E-state index is 12.8. The zero-order chi connectivity index (χ0) is 19.4. The molecule has 0 aliphatic carbocycles. The maximum Gasteiger partial charge on any atom is 0.338 e. The number of pyridine rings is 1. The van der Waals surface area contributed by atoms with Crippen LogP contribution >= 0.6 is 0 Å². The summed E-state index contributed by atoms with van der Waals surface area (Å²) in [6.07, 6.45) is 1.85. The van der Waals surface area contributed by atoms with Crippen LogP contribution in [0.3, 0.4) is 0 Å². The Hall–Kier alpha value is -2.88. The molecule has 4 heteroatoms.